The molecule has 1 aliphatic rings. The number of nitrogens with one attached hydrogen (secondary N) is 2. The lowest BCUT2D eigenvalue weighted by Gasteiger charge is -2.14. The summed E-state index contributed by atoms with van der Waals surface area (Å²) in [5, 5.41) is 14.0. The number of rotatable bonds is 8. The van der Waals surface area contributed by atoms with Gasteiger partial charge in [-0.2, -0.15) is 0 Å². The molecule has 33 heavy (non-hydrogen) atoms. The van der Waals surface area contributed by atoms with Crippen molar-refractivity contribution in [2.24, 2.45) is 0 Å². The van der Waals surface area contributed by atoms with Crippen molar-refractivity contribution in [3.63, 3.8) is 0 Å². The van der Waals surface area contributed by atoms with E-state index in [1.54, 1.807) is 0 Å². The molecule has 168 valence electrons. The second-order valence-corrected chi connectivity index (χ2v) is 7.47. The molecule has 0 saturated heterocycles. The number of aromatic carboxylic acids is 1. The number of carboxylic acid groups (broad SMARTS) is 1. The van der Waals surface area contributed by atoms with Crippen molar-refractivity contribution in [1.29, 1.82) is 0 Å². The van der Waals surface area contributed by atoms with Crippen LogP contribution in [0, 0.1) is 0 Å². The maximum absolute atomic E-state index is 12.1. The molecule has 0 bridgehead atoms. The first-order chi connectivity index (χ1) is 16.0. The molecule has 0 atom stereocenters. The van der Waals surface area contributed by atoms with Crippen LogP contribution in [0.15, 0.2) is 60.9 Å². The zero-order valence-corrected chi connectivity index (χ0v) is 17.7. The van der Waals surface area contributed by atoms with Crippen molar-refractivity contribution >= 4 is 18.0 Å². The molecule has 9 nitrogen and oxygen atoms in total. The zero-order chi connectivity index (χ0) is 23.2. The van der Waals surface area contributed by atoms with Gasteiger partial charge in [0.2, 0.25) is 5.91 Å². The van der Waals surface area contributed by atoms with Crippen LogP contribution in [0.25, 0.3) is 11.1 Å². The Morgan fingerprint density at radius 1 is 0.909 bits per heavy atom. The molecule has 1 heterocycles. The van der Waals surface area contributed by atoms with Crippen LogP contribution in [0.5, 0.6) is 0 Å². The van der Waals surface area contributed by atoms with Crippen molar-refractivity contribution in [1.82, 2.24) is 20.6 Å². The monoisotopic (exact) mass is 446 g/mol. The van der Waals surface area contributed by atoms with Gasteiger partial charge in [0, 0.05) is 31.3 Å². The standard InChI is InChI=1S/C24H22N4O5/c29-22(28-13-21-26-11-15(12-27-21)23(30)31)9-10-25-24(32)33-14-20-18-7-3-1-5-16(18)17-6-2-4-8-19(17)20/h1-8,11-12,20H,9-10,13-14H2,(H,25,32)(H,28,29)(H,30,31). The predicted molar refractivity (Wildman–Crippen MR) is 119 cm³/mol. The van der Waals surface area contributed by atoms with Crippen LogP contribution < -0.4 is 10.6 Å². The molecule has 1 aromatic heterocycles. The topological polar surface area (TPSA) is 131 Å². The number of nitrogens with zero attached hydrogens (tertiary/aromatic N) is 2. The lowest BCUT2D eigenvalue weighted by atomic mass is 9.98. The second-order valence-electron chi connectivity index (χ2n) is 7.47. The lowest BCUT2D eigenvalue weighted by Crippen LogP contribution is -2.31. The summed E-state index contributed by atoms with van der Waals surface area (Å²) < 4.78 is 5.43. The minimum atomic E-state index is -1.12. The number of alkyl carbamates (subject to hydrolysis) is 1. The van der Waals surface area contributed by atoms with Crippen molar-refractivity contribution in [2.75, 3.05) is 13.2 Å². The van der Waals surface area contributed by atoms with Crippen LogP contribution in [0.2, 0.25) is 0 Å². The van der Waals surface area contributed by atoms with E-state index in [2.05, 4.69) is 32.7 Å². The largest absolute Gasteiger partial charge is 0.478 e. The van der Waals surface area contributed by atoms with Gasteiger partial charge in [-0.05, 0) is 22.3 Å². The van der Waals surface area contributed by atoms with E-state index in [4.69, 9.17) is 9.84 Å². The SMILES string of the molecule is O=C(CCNC(=O)OCC1c2ccccc2-c2ccccc21)NCc1ncc(C(=O)O)cn1. The third-order valence-electron chi connectivity index (χ3n) is 5.36. The van der Waals surface area contributed by atoms with Crippen LogP contribution in [-0.4, -0.2) is 46.2 Å². The van der Waals surface area contributed by atoms with Gasteiger partial charge in [0.1, 0.15) is 12.4 Å². The predicted octanol–water partition coefficient (Wildman–Crippen LogP) is 2.72. The van der Waals surface area contributed by atoms with Gasteiger partial charge in [-0.25, -0.2) is 19.6 Å². The minimum absolute atomic E-state index is 0.0287. The van der Waals surface area contributed by atoms with Gasteiger partial charge in [0.15, 0.2) is 0 Å². The van der Waals surface area contributed by atoms with Gasteiger partial charge >= 0.3 is 12.1 Å². The Balaban J connectivity index is 1.20. The smallest absolute Gasteiger partial charge is 0.407 e. The van der Waals surface area contributed by atoms with Crippen molar-refractivity contribution < 1.29 is 24.2 Å². The van der Waals surface area contributed by atoms with Gasteiger partial charge in [-0.15, -0.1) is 0 Å². The highest BCUT2D eigenvalue weighted by Crippen LogP contribution is 2.44. The molecular formula is C24H22N4O5. The Hall–Kier alpha value is -4.27. The van der Waals surface area contributed by atoms with E-state index >= 15 is 0 Å². The van der Waals surface area contributed by atoms with Gasteiger partial charge in [0.05, 0.1) is 12.1 Å². The number of ether oxygens (including phenoxy) is 1. The number of hydrogen-bond donors (Lipinski definition) is 3. The Bertz CT molecular complexity index is 1130. The molecule has 0 saturated carbocycles. The molecule has 0 spiro atoms. The number of hydrogen-bond acceptors (Lipinski definition) is 6. The van der Waals surface area contributed by atoms with E-state index in [-0.39, 0.29) is 49.3 Å². The third kappa shape index (κ3) is 5.15. The summed E-state index contributed by atoms with van der Waals surface area (Å²) in [6.07, 6.45) is 1.82. The summed E-state index contributed by atoms with van der Waals surface area (Å²) in [6.45, 7) is 0.376. The number of aromatic nitrogens is 2. The maximum atomic E-state index is 12.1. The van der Waals surface area contributed by atoms with Gasteiger partial charge < -0.3 is 20.5 Å². The molecule has 4 rings (SSSR count). The van der Waals surface area contributed by atoms with E-state index in [1.165, 1.54) is 12.4 Å². The van der Waals surface area contributed by atoms with Crippen molar-refractivity contribution in [2.45, 2.75) is 18.9 Å². The first kappa shape index (κ1) is 21.9. The molecule has 0 aliphatic heterocycles. The Morgan fingerprint density at radius 3 is 2.12 bits per heavy atom. The minimum Gasteiger partial charge on any atom is -0.478 e. The molecule has 0 unspecified atom stereocenters. The number of amides is 2. The number of fused-ring (bicyclic) bond motifs is 3. The Morgan fingerprint density at radius 2 is 1.52 bits per heavy atom. The van der Waals surface area contributed by atoms with E-state index in [1.807, 2.05) is 36.4 Å². The molecule has 9 heteroatoms. The Kier molecular flexibility index (Phi) is 6.58. The van der Waals surface area contributed by atoms with Gasteiger partial charge in [-0.1, -0.05) is 48.5 Å². The fourth-order valence-electron chi connectivity index (χ4n) is 3.75. The summed E-state index contributed by atoms with van der Waals surface area (Å²) in [5.74, 6) is -1.17. The molecule has 3 N–H and O–H groups in total. The number of carboxylic acids is 1. The van der Waals surface area contributed by atoms with Crippen LogP contribution in [0.3, 0.4) is 0 Å². The number of carbonyl (C=O) groups is 3. The third-order valence-corrected chi connectivity index (χ3v) is 5.36. The zero-order valence-electron chi connectivity index (χ0n) is 17.7. The lowest BCUT2D eigenvalue weighted by molar-refractivity contribution is -0.121. The van der Waals surface area contributed by atoms with Crippen LogP contribution >= 0.6 is 0 Å². The van der Waals surface area contributed by atoms with E-state index in [9.17, 15) is 14.4 Å². The first-order valence-corrected chi connectivity index (χ1v) is 10.4. The summed E-state index contributed by atoms with van der Waals surface area (Å²) >= 11 is 0. The molecule has 2 aromatic carbocycles. The molecule has 3 aromatic rings. The Labute approximate surface area is 189 Å². The molecule has 1 aliphatic carbocycles. The summed E-state index contributed by atoms with van der Waals surface area (Å²) in [4.78, 5) is 42.6. The molecule has 0 fully saturated rings. The average Bonchev–Trinajstić information content (AvgIpc) is 3.15. The molecule has 0 radical (unpaired) electrons. The quantitative estimate of drug-likeness (QED) is 0.485. The molecule has 2 amide bonds. The first-order valence-electron chi connectivity index (χ1n) is 10.4. The maximum Gasteiger partial charge on any atom is 0.407 e. The van der Waals surface area contributed by atoms with Crippen LogP contribution in [-0.2, 0) is 16.1 Å². The number of carbonyl (C=O) groups excluding carboxylic acids is 2. The van der Waals surface area contributed by atoms with Crippen molar-refractivity contribution in [3.05, 3.63) is 83.4 Å². The van der Waals surface area contributed by atoms with E-state index in [0.29, 0.717) is 0 Å². The summed E-state index contributed by atoms with van der Waals surface area (Å²) in [5.41, 5.74) is 4.53. The van der Waals surface area contributed by atoms with Gasteiger partial charge in [0.25, 0.3) is 0 Å². The van der Waals surface area contributed by atoms with E-state index < -0.39 is 12.1 Å². The fraction of sp³-hybridized carbons (Fsp3) is 0.208. The molecular weight excluding hydrogens is 424 g/mol. The summed E-state index contributed by atoms with van der Waals surface area (Å²) in [6, 6.07) is 16.2. The van der Waals surface area contributed by atoms with Crippen LogP contribution in [0.4, 0.5) is 4.79 Å². The second kappa shape index (κ2) is 9.90. The highest BCUT2D eigenvalue weighted by molar-refractivity contribution is 5.86. The highest BCUT2D eigenvalue weighted by atomic mass is 16.5. The summed E-state index contributed by atoms with van der Waals surface area (Å²) in [7, 11) is 0. The van der Waals surface area contributed by atoms with Crippen LogP contribution in [0.1, 0.15) is 39.6 Å². The van der Waals surface area contributed by atoms with Crippen molar-refractivity contribution in [3.8, 4) is 11.1 Å². The number of benzene rings is 2. The normalized spacial score (nSPS) is 11.9. The highest BCUT2D eigenvalue weighted by Gasteiger charge is 2.28. The van der Waals surface area contributed by atoms with Gasteiger partial charge in [-0.3, -0.25) is 4.79 Å². The fourth-order valence-corrected chi connectivity index (χ4v) is 3.75. The average molecular weight is 446 g/mol. The van der Waals surface area contributed by atoms with E-state index in [0.717, 1.165) is 22.3 Å².